The lowest BCUT2D eigenvalue weighted by atomic mass is 10.2. The summed E-state index contributed by atoms with van der Waals surface area (Å²) in [5.74, 6) is -0.341. The lowest BCUT2D eigenvalue weighted by molar-refractivity contribution is -0.136. The largest absolute Gasteiger partial charge is 0.481 e. The van der Waals surface area contributed by atoms with Crippen molar-refractivity contribution in [2.75, 3.05) is 50.4 Å². The fourth-order valence-corrected chi connectivity index (χ4v) is 2.86. The Bertz CT molecular complexity index is 1140. The van der Waals surface area contributed by atoms with Gasteiger partial charge in [0, 0.05) is 30.4 Å². The number of benzene rings is 1. The average Bonchev–Trinajstić information content (AvgIpc) is 3.52. The Hall–Kier alpha value is -3.73. The van der Waals surface area contributed by atoms with Gasteiger partial charge in [-0.3, -0.25) is 9.59 Å². The predicted octanol–water partition coefficient (Wildman–Crippen LogP) is 5.29. The summed E-state index contributed by atoms with van der Waals surface area (Å²) in [5, 5.41) is 17.7. The fraction of sp³-hybridized carbons (Fsp3) is 0.433. The molecule has 246 valence electrons. The van der Waals surface area contributed by atoms with Crippen LogP contribution in [0.5, 0.6) is 5.88 Å². The van der Waals surface area contributed by atoms with Crippen molar-refractivity contribution in [3.63, 3.8) is 0 Å². The van der Waals surface area contributed by atoms with E-state index in [9.17, 15) is 14.4 Å². The van der Waals surface area contributed by atoms with Gasteiger partial charge in [-0.25, -0.2) is 9.78 Å². The van der Waals surface area contributed by atoms with Gasteiger partial charge in [0.2, 0.25) is 11.8 Å². The topological polar surface area (TPSA) is 179 Å². The first-order valence-electron chi connectivity index (χ1n) is 13.9. The van der Waals surface area contributed by atoms with Crippen molar-refractivity contribution in [1.29, 1.82) is 0 Å². The van der Waals surface area contributed by atoms with E-state index in [0.717, 1.165) is 13.0 Å². The van der Waals surface area contributed by atoms with Crippen LogP contribution in [0, 0.1) is 0 Å². The van der Waals surface area contributed by atoms with E-state index in [4.69, 9.17) is 20.3 Å². The number of carbonyl (C=O) groups is 3. The lowest BCUT2D eigenvalue weighted by Crippen LogP contribution is -2.28. The molecule has 2 heterocycles. The summed E-state index contributed by atoms with van der Waals surface area (Å²) in [5.41, 5.74) is 7.22. The second-order valence-corrected chi connectivity index (χ2v) is 9.17. The molecule has 0 aliphatic carbocycles. The number of hydrogen-bond donors (Lipinski definition) is 4. The van der Waals surface area contributed by atoms with Gasteiger partial charge in [-0.15, -0.1) is 20.8 Å². The average molecular weight is 656 g/mol. The van der Waals surface area contributed by atoms with E-state index >= 15 is 0 Å². The maximum Gasteiger partial charge on any atom is 0.338 e. The van der Waals surface area contributed by atoms with Crippen LogP contribution in [0.1, 0.15) is 56.0 Å². The first-order valence-corrected chi connectivity index (χ1v) is 15.5. The lowest BCUT2D eigenvalue weighted by Gasteiger charge is -2.03. The third-order valence-corrected chi connectivity index (χ3v) is 4.71. The second kappa shape index (κ2) is 29.3. The normalized spacial score (nSPS) is 9.16. The van der Waals surface area contributed by atoms with E-state index in [0.29, 0.717) is 41.7 Å². The highest BCUT2D eigenvalue weighted by Crippen LogP contribution is 2.08. The molecule has 0 saturated heterocycles. The number of anilines is 2. The SMILES string of the molecule is CCCCCNCC(=O)Nc1ccon1.CCOC(=O)c1cccc(N)c1.CCP.CCl.COc1ccc(CC(=O)O)cn1. The van der Waals surface area contributed by atoms with Gasteiger partial charge in [-0.2, -0.15) is 0 Å². The maximum atomic E-state index is 11.3. The van der Waals surface area contributed by atoms with Crippen LogP contribution in [-0.2, 0) is 20.7 Å². The fourth-order valence-electron chi connectivity index (χ4n) is 2.86. The summed E-state index contributed by atoms with van der Waals surface area (Å²) in [4.78, 5) is 36.5. The molecule has 44 heavy (non-hydrogen) atoms. The Balaban J connectivity index is 0. The first-order chi connectivity index (χ1) is 21.2. The minimum absolute atomic E-state index is 0.00298. The molecule has 1 aromatic carbocycles. The van der Waals surface area contributed by atoms with Crippen LogP contribution in [-0.4, -0.2) is 72.4 Å². The Labute approximate surface area is 267 Å². The van der Waals surface area contributed by atoms with Crippen molar-refractivity contribution in [3.05, 3.63) is 66.1 Å². The van der Waals surface area contributed by atoms with Gasteiger partial charge in [-0.05, 0) is 49.8 Å². The summed E-state index contributed by atoms with van der Waals surface area (Å²) in [6.07, 6.45) is 9.03. The van der Waals surface area contributed by atoms with Gasteiger partial charge in [0.1, 0.15) is 6.26 Å². The van der Waals surface area contributed by atoms with Crippen LogP contribution >= 0.6 is 20.8 Å². The minimum atomic E-state index is -0.859. The van der Waals surface area contributed by atoms with Crippen LogP contribution in [0.4, 0.5) is 11.5 Å². The second-order valence-electron chi connectivity index (χ2n) is 8.35. The number of halogens is 1. The smallest absolute Gasteiger partial charge is 0.338 e. The number of rotatable bonds is 12. The molecule has 0 bridgehead atoms. The number of nitrogen functional groups attached to an aromatic ring is 1. The Morgan fingerprint density at radius 1 is 1.09 bits per heavy atom. The van der Waals surface area contributed by atoms with Gasteiger partial charge in [0.25, 0.3) is 0 Å². The molecule has 3 aromatic rings. The van der Waals surface area contributed by atoms with Crippen molar-refractivity contribution in [3.8, 4) is 5.88 Å². The number of ether oxygens (including phenoxy) is 2. The molecule has 0 fully saturated rings. The van der Waals surface area contributed by atoms with Crippen molar-refractivity contribution >= 4 is 50.2 Å². The number of nitrogens with one attached hydrogen (secondary N) is 2. The molecule has 5 N–H and O–H groups in total. The molecule has 0 aliphatic rings. The Morgan fingerprint density at radius 2 is 1.80 bits per heavy atom. The number of amides is 1. The molecule has 0 aliphatic heterocycles. The van der Waals surface area contributed by atoms with Gasteiger partial charge in [0.15, 0.2) is 5.82 Å². The molecular formula is C30H47ClN5O7P. The number of aliphatic carboxylic acids is 1. The van der Waals surface area contributed by atoms with Crippen LogP contribution in [0.15, 0.2) is 59.4 Å². The molecular weight excluding hydrogens is 609 g/mol. The highest BCUT2D eigenvalue weighted by molar-refractivity contribution is 7.16. The molecule has 2 aromatic heterocycles. The molecule has 0 radical (unpaired) electrons. The number of methoxy groups -OCH3 is 1. The van der Waals surface area contributed by atoms with Crippen LogP contribution in [0.25, 0.3) is 0 Å². The van der Waals surface area contributed by atoms with E-state index < -0.39 is 5.97 Å². The van der Waals surface area contributed by atoms with E-state index in [1.165, 1.54) is 45.0 Å². The van der Waals surface area contributed by atoms with Gasteiger partial charge in [-0.1, -0.05) is 44.0 Å². The number of nitrogens with two attached hydrogens (primary N) is 1. The van der Waals surface area contributed by atoms with Crippen LogP contribution < -0.4 is 21.1 Å². The third-order valence-electron chi connectivity index (χ3n) is 4.71. The number of carboxylic acid groups (broad SMARTS) is 1. The molecule has 1 unspecified atom stereocenters. The predicted molar refractivity (Wildman–Crippen MR) is 178 cm³/mol. The summed E-state index contributed by atoms with van der Waals surface area (Å²) < 4.78 is 14.2. The number of alkyl halides is 1. The zero-order valence-corrected chi connectivity index (χ0v) is 28.1. The number of carbonyl (C=O) groups excluding carboxylic acids is 2. The highest BCUT2D eigenvalue weighted by Gasteiger charge is 2.05. The molecule has 14 heteroatoms. The van der Waals surface area contributed by atoms with Crippen LogP contribution in [0.3, 0.4) is 0 Å². The number of unbranched alkanes of at least 4 members (excludes halogenated alkanes) is 2. The van der Waals surface area contributed by atoms with Crippen molar-refractivity contribution < 1.29 is 33.5 Å². The maximum absolute atomic E-state index is 11.3. The van der Waals surface area contributed by atoms with E-state index in [1.807, 2.05) is 0 Å². The van der Waals surface area contributed by atoms with Crippen molar-refractivity contribution in [2.45, 2.75) is 46.5 Å². The number of carboxylic acids is 1. The molecule has 1 atom stereocenters. The van der Waals surface area contributed by atoms with Crippen LogP contribution in [0.2, 0.25) is 0 Å². The van der Waals surface area contributed by atoms with Gasteiger partial charge < -0.3 is 35.5 Å². The molecule has 1 amide bonds. The number of pyridine rings is 1. The summed E-state index contributed by atoms with van der Waals surface area (Å²) in [7, 11) is 4.09. The van der Waals surface area contributed by atoms with Crippen molar-refractivity contribution in [2.24, 2.45) is 0 Å². The van der Waals surface area contributed by atoms with Crippen molar-refractivity contribution in [1.82, 2.24) is 15.5 Å². The molecule has 12 nitrogen and oxygen atoms in total. The summed E-state index contributed by atoms with van der Waals surface area (Å²) >= 11 is 4.64. The quantitative estimate of drug-likeness (QED) is 0.0655. The zero-order valence-electron chi connectivity index (χ0n) is 26.2. The summed E-state index contributed by atoms with van der Waals surface area (Å²) in [6.45, 7) is 7.58. The zero-order chi connectivity index (χ0) is 33.6. The summed E-state index contributed by atoms with van der Waals surface area (Å²) in [6, 6.07) is 11.6. The Kier molecular flexibility index (Phi) is 28.3. The van der Waals surface area contributed by atoms with Gasteiger partial charge in [0.05, 0.1) is 32.2 Å². The minimum Gasteiger partial charge on any atom is -0.481 e. The molecule has 3 rings (SSSR count). The van der Waals surface area contributed by atoms with E-state index in [1.54, 1.807) is 49.4 Å². The molecule has 0 saturated carbocycles. The standard InChI is InChI=1S/C10H17N3O2.C9H11NO2.C8H9NO3.C2H7P.CH3Cl/c1-2-3-4-6-11-8-10(14)12-9-5-7-15-13-9;1-2-12-9(11)7-4-3-5-8(10)6-7;1-12-7-3-2-6(5-9-7)4-8(10)11;1-2-3;1-2/h5,7,11H,2-4,6,8H2,1H3,(H,12,13,14);3-6H,2,10H2,1H3;2-3,5H,4H2,1H3,(H,10,11);2-3H2,1H3;1H3. The number of nitrogens with zero attached hydrogens (tertiary/aromatic N) is 2. The van der Waals surface area contributed by atoms with E-state index in [2.05, 4.69) is 60.0 Å². The monoisotopic (exact) mass is 655 g/mol. The first kappa shape index (κ1) is 42.4. The van der Waals surface area contributed by atoms with E-state index in [-0.39, 0.29) is 18.3 Å². The van der Waals surface area contributed by atoms with Gasteiger partial charge >= 0.3 is 11.9 Å². The third kappa shape index (κ3) is 23.8. The number of hydrogen-bond acceptors (Lipinski definition) is 10. The molecule has 0 spiro atoms. The number of aromatic nitrogens is 2. The highest BCUT2D eigenvalue weighted by atomic mass is 35.5. The Morgan fingerprint density at radius 3 is 2.30 bits per heavy atom. The number of esters is 1.